The first-order valence-corrected chi connectivity index (χ1v) is 8.01. The monoisotopic (exact) mass is 342 g/mol. The predicted molar refractivity (Wildman–Crippen MR) is 87.3 cm³/mol. The van der Waals surface area contributed by atoms with Gasteiger partial charge in [-0.2, -0.15) is 0 Å². The Kier molecular flexibility index (Phi) is 3.87. The number of hydrogen-bond acceptors (Lipinski definition) is 3. The van der Waals surface area contributed by atoms with Gasteiger partial charge in [0.15, 0.2) is 5.82 Å². The van der Waals surface area contributed by atoms with Gasteiger partial charge in [-0.1, -0.05) is 41.7 Å². The second-order valence-corrected chi connectivity index (χ2v) is 6.31. The fourth-order valence-electron chi connectivity index (χ4n) is 2.04. The maximum atomic E-state index is 6.26. The normalized spacial score (nSPS) is 11.2. The zero-order valence-corrected chi connectivity index (χ0v) is 13.5. The van der Waals surface area contributed by atoms with E-state index in [9.17, 15) is 0 Å². The van der Waals surface area contributed by atoms with Crippen LogP contribution >= 0.6 is 46.1 Å². The molecule has 3 aromatic rings. The first-order chi connectivity index (χ1) is 9.61. The number of rotatable bonds is 2. The minimum absolute atomic E-state index is 0.327. The van der Waals surface area contributed by atoms with Crippen LogP contribution in [0.1, 0.15) is 12.5 Å². The second-order valence-electron chi connectivity index (χ2n) is 4.22. The van der Waals surface area contributed by atoms with Gasteiger partial charge in [0.2, 0.25) is 0 Å². The average Bonchev–Trinajstić information content (AvgIpc) is 2.91. The van der Waals surface area contributed by atoms with Gasteiger partial charge in [0.25, 0.3) is 0 Å². The number of fused-ring (bicyclic) bond motifs is 1. The summed E-state index contributed by atoms with van der Waals surface area (Å²) in [7, 11) is 0. The molecule has 102 valence electrons. The van der Waals surface area contributed by atoms with Gasteiger partial charge in [-0.3, -0.25) is 0 Å². The number of benzene rings is 1. The van der Waals surface area contributed by atoms with Crippen molar-refractivity contribution in [2.24, 2.45) is 0 Å². The Morgan fingerprint density at radius 3 is 2.55 bits per heavy atom. The van der Waals surface area contributed by atoms with E-state index in [0.29, 0.717) is 31.9 Å². The molecule has 0 saturated carbocycles. The number of halogens is 3. The van der Waals surface area contributed by atoms with Crippen LogP contribution in [0.3, 0.4) is 0 Å². The fraction of sp³-hybridized carbons (Fsp3) is 0.143. The summed E-state index contributed by atoms with van der Waals surface area (Å²) in [5.41, 5.74) is 1.79. The molecule has 0 bridgehead atoms. The first kappa shape index (κ1) is 14.1. The van der Waals surface area contributed by atoms with Gasteiger partial charge >= 0.3 is 0 Å². The summed E-state index contributed by atoms with van der Waals surface area (Å²) < 4.78 is 0. The molecule has 1 aromatic carbocycles. The van der Waals surface area contributed by atoms with Gasteiger partial charge in [-0.05, 0) is 35.6 Å². The molecule has 0 aliphatic rings. The van der Waals surface area contributed by atoms with Crippen molar-refractivity contribution in [3.8, 4) is 10.7 Å². The molecule has 0 saturated heterocycles. The molecule has 2 aromatic heterocycles. The van der Waals surface area contributed by atoms with E-state index < -0.39 is 0 Å². The number of thiophene rings is 1. The Bertz CT molecular complexity index is 798. The molecular formula is C14H9Cl3N2S. The Morgan fingerprint density at radius 2 is 1.80 bits per heavy atom. The standard InChI is InChI=1S/C14H9Cl3N2S/c1-2-7-5-6-20-12(7)14-18-11-9(16)4-3-8(15)10(11)13(17)19-14/h3-6H,2H2,1H3. The third-order valence-corrected chi connectivity index (χ3v) is 4.88. The summed E-state index contributed by atoms with van der Waals surface area (Å²) >= 11 is 20.2. The van der Waals surface area contributed by atoms with Crippen LogP contribution in [0.15, 0.2) is 23.6 Å². The summed E-state index contributed by atoms with van der Waals surface area (Å²) in [4.78, 5) is 9.94. The Labute approximate surface area is 135 Å². The Balaban J connectivity index is 2.32. The molecule has 6 heteroatoms. The number of hydrogen-bond donors (Lipinski definition) is 0. The van der Waals surface area contributed by atoms with Gasteiger partial charge in [0, 0.05) is 0 Å². The largest absolute Gasteiger partial charge is 0.225 e. The van der Waals surface area contributed by atoms with Crippen molar-refractivity contribution in [3.63, 3.8) is 0 Å². The minimum Gasteiger partial charge on any atom is -0.225 e. The molecule has 0 aliphatic heterocycles. The minimum atomic E-state index is 0.327. The van der Waals surface area contributed by atoms with Crippen molar-refractivity contribution >= 4 is 57.0 Å². The smallest absolute Gasteiger partial charge is 0.171 e. The van der Waals surface area contributed by atoms with Crippen LogP contribution in [0.2, 0.25) is 15.2 Å². The zero-order chi connectivity index (χ0) is 14.3. The lowest BCUT2D eigenvalue weighted by atomic mass is 10.2. The van der Waals surface area contributed by atoms with Crippen LogP contribution in [0.25, 0.3) is 21.6 Å². The highest BCUT2D eigenvalue weighted by Crippen LogP contribution is 2.36. The average molecular weight is 344 g/mol. The van der Waals surface area contributed by atoms with Gasteiger partial charge in [0.1, 0.15) is 5.15 Å². The van der Waals surface area contributed by atoms with E-state index in [1.165, 1.54) is 5.56 Å². The van der Waals surface area contributed by atoms with Crippen LogP contribution in [0.5, 0.6) is 0 Å². The summed E-state index contributed by atoms with van der Waals surface area (Å²) in [6.07, 6.45) is 0.918. The van der Waals surface area contributed by atoms with E-state index in [1.807, 2.05) is 5.38 Å². The lowest BCUT2D eigenvalue weighted by molar-refractivity contribution is 1.14. The molecule has 0 aliphatic carbocycles. The lowest BCUT2D eigenvalue weighted by Crippen LogP contribution is -1.93. The maximum absolute atomic E-state index is 6.26. The van der Waals surface area contributed by atoms with Crippen molar-refractivity contribution in [2.75, 3.05) is 0 Å². The molecule has 3 rings (SSSR count). The van der Waals surface area contributed by atoms with E-state index in [1.54, 1.807) is 23.5 Å². The van der Waals surface area contributed by atoms with Gasteiger partial charge in [0.05, 0.1) is 25.8 Å². The molecule has 0 radical (unpaired) electrons. The van der Waals surface area contributed by atoms with E-state index in [2.05, 4.69) is 23.0 Å². The second kappa shape index (κ2) is 5.49. The van der Waals surface area contributed by atoms with Crippen LogP contribution in [-0.4, -0.2) is 9.97 Å². The molecule has 2 heterocycles. The highest BCUT2D eigenvalue weighted by atomic mass is 35.5. The summed E-state index contributed by atoms with van der Waals surface area (Å²) in [6.45, 7) is 2.10. The summed E-state index contributed by atoms with van der Waals surface area (Å²) in [6, 6.07) is 5.49. The molecule has 0 atom stereocenters. The highest BCUT2D eigenvalue weighted by molar-refractivity contribution is 7.13. The zero-order valence-electron chi connectivity index (χ0n) is 10.5. The van der Waals surface area contributed by atoms with Gasteiger partial charge < -0.3 is 0 Å². The summed E-state index contributed by atoms with van der Waals surface area (Å²) in [5, 5.41) is 3.97. The Morgan fingerprint density at radius 1 is 1.05 bits per heavy atom. The molecule has 0 unspecified atom stereocenters. The third-order valence-electron chi connectivity index (χ3n) is 3.04. The summed E-state index contributed by atoms with van der Waals surface area (Å²) in [5.74, 6) is 0.596. The van der Waals surface area contributed by atoms with E-state index in [4.69, 9.17) is 34.8 Å². The first-order valence-electron chi connectivity index (χ1n) is 5.99. The number of nitrogens with zero attached hydrogens (tertiary/aromatic N) is 2. The lowest BCUT2D eigenvalue weighted by Gasteiger charge is -2.07. The molecular weight excluding hydrogens is 335 g/mol. The molecule has 0 fully saturated rings. The molecule has 0 amide bonds. The van der Waals surface area contributed by atoms with E-state index in [-0.39, 0.29) is 0 Å². The highest BCUT2D eigenvalue weighted by Gasteiger charge is 2.15. The van der Waals surface area contributed by atoms with Crippen LogP contribution in [0.4, 0.5) is 0 Å². The predicted octanol–water partition coefficient (Wildman–Crippen LogP) is 5.88. The molecule has 20 heavy (non-hydrogen) atoms. The van der Waals surface area contributed by atoms with Crippen molar-refractivity contribution in [1.82, 2.24) is 9.97 Å². The Hall–Kier alpha value is -0.870. The quantitative estimate of drug-likeness (QED) is 0.543. The topological polar surface area (TPSA) is 25.8 Å². The maximum Gasteiger partial charge on any atom is 0.171 e. The van der Waals surface area contributed by atoms with Crippen molar-refractivity contribution in [2.45, 2.75) is 13.3 Å². The number of aryl methyl sites for hydroxylation is 1. The van der Waals surface area contributed by atoms with Crippen molar-refractivity contribution < 1.29 is 0 Å². The van der Waals surface area contributed by atoms with Gasteiger partial charge in [-0.15, -0.1) is 11.3 Å². The number of aromatic nitrogens is 2. The van der Waals surface area contributed by atoms with E-state index in [0.717, 1.165) is 11.3 Å². The molecule has 0 N–H and O–H groups in total. The SMILES string of the molecule is CCc1ccsc1-c1nc(Cl)c2c(Cl)ccc(Cl)c2n1. The third kappa shape index (κ3) is 2.29. The van der Waals surface area contributed by atoms with Crippen LogP contribution in [0, 0.1) is 0 Å². The molecule has 0 spiro atoms. The van der Waals surface area contributed by atoms with Crippen LogP contribution < -0.4 is 0 Å². The van der Waals surface area contributed by atoms with Gasteiger partial charge in [-0.25, -0.2) is 9.97 Å². The van der Waals surface area contributed by atoms with Crippen LogP contribution in [-0.2, 0) is 6.42 Å². The van der Waals surface area contributed by atoms with Crippen molar-refractivity contribution in [3.05, 3.63) is 44.3 Å². The fourth-order valence-corrected chi connectivity index (χ4v) is 3.73. The molecule has 2 nitrogen and oxygen atoms in total. The van der Waals surface area contributed by atoms with E-state index >= 15 is 0 Å². The van der Waals surface area contributed by atoms with Crippen molar-refractivity contribution in [1.29, 1.82) is 0 Å².